The predicted octanol–water partition coefficient (Wildman–Crippen LogP) is 2.25. The van der Waals surface area contributed by atoms with E-state index in [-0.39, 0.29) is 19.7 Å². The van der Waals surface area contributed by atoms with E-state index in [9.17, 15) is 4.79 Å². The van der Waals surface area contributed by atoms with Crippen LogP contribution in [0.15, 0.2) is 18.2 Å². The molecule has 0 aliphatic heterocycles. The fourth-order valence-corrected chi connectivity index (χ4v) is 1.49. The molecule has 0 N–H and O–H groups in total. The Bertz CT molecular complexity index is 533. The first-order valence-corrected chi connectivity index (χ1v) is 5.93. The largest absolute Gasteiger partial charge is 0.484 e. The first kappa shape index (κ1) is 15.1. The van der Waals surface area contributed by atoms with Crippen LogP contribution in [0, 0.1) is 22.7 Å². The molecule has 0 saturated heterocycles. The molecule has 0 unspecified atom stereocenters. The summed E-state index contributed by atoms with van der Waals surface area (Å²) in [5.41, 5.74) is 0. The number of halogens is 2. The van der Waals surface area contributed by atoms with Gasteiger partial charge in [-0.25, -0.2) is 0 Å². The molecule has 0 radical (unpaired) electrons. The van der Waals surface area contributed by atoms with Crippen molar-refractivity contribution in [2.75, 3.05) is 19.7 Å². The first-order chi connectivity index (χ1) is 9.08. The second kappa shape index (κ2) is 7.48. The lowest BCUT2D eigenvalue weighted by atomic mass is 10.3. The van der Waals surface area contributed by atoms with Crippen LogP contribution in [0.1, 0.15) is 0 Å². The minimum atomic E-state index is -0.450. The Labute approximate surface area is 120 Å². The van der Waals surface area contributed by atoms with Gasteiger partial charge >= 0.3 is 0 Å². The highest BCUT2D eigenvalue weighted by molar-refractivity contribution is 6.42. The molecule has 7 heteroatoms. The van der Waals surface area contributed by atoms with Gasteiger partial charge in [0.1, 0.15) is 18.8 Å². The third kappa shape index (κ3) is 4.67. The summed E-state index contributed by atoms with van der Waals surface area (Å²) in [5, 5.41) is 17.8. The normalized spacial score (nSPS) is 9.26. The van der Waals surface area contributed by atoms with E-state index >= 15 is 0 Å². The molecule has 1 aromatic carbocycles. The van der Waals surface area contributed by atoms with Crippen molar-refractivity contribution in [1.29, 1.82) is 10.5 Å². The topological polar surface area (TPSA) is 77.1 Å². The molecule has 1 aromatic rings. The summed E-state index contributed by atoms with van der Waals surface area (Å²) in [6.45, 7) is -0.588. The summed E-state index contributed by atoms with van der Waals surface area (Å²) in [6, 6.07) is 8.22. The summed E-state index contributed by atoms with van der Waals surface area (Å²) < 4.78 is 5.22. The van der Waals surface area contributed by atoms with Crippen LogP contribution in [-0.4, -0.2) is 30.5 Å². The molecule has 0 heterocycles. The molecule has 0 aliphatic rings. The molecule has 0 bridgehead atoms. The highest BCUT2D eigenvalue weighted by Crippen LogP contribution is 2.26. The van der Waals surface area contributed by atoms with Crippen molar-refractivity contribution >= 4 is 29.1 Å². The number of carbonyl (C=O) groups is 1. The Hall–Kier alpha value is -1.95. The van der Waals surface area contributed by atoms with E-state index in [1.54, 1.807) is 12.1 Å². The van der Waals surface area contributed by atoms with Gasteiger partial charge in [0, 0.05) is 6.07 Å². The maximum absolute atomic E-state index is 11.7. The van der Waals surface area contributed by atoms with E-state index in [4.69, 9.17) is 38.5 Å². The van der Waals surface area contributed by atoms with E-state index in [2.05, 4.69) is 0 Å². The first-order valence-electron chi connectivity index (χ1n) is 5.18. The molecule has 0 aliphatic carbocycles. The summed E-state index contributed by atoms with van der Waals surface area (Å²) in [4.78, 5) is 12.8. The van der Waals surface area contributed by atoms with Gasteiger partial charge in [-0.15, -0.1) is 0 Å². The molecular weight excluding hydrogens is 289 g/mol. The third-order valence-electron chi connectivity index (χ3n) is 2.13. The molecule has 0 saturated carbocycles. The standard InChI is InChI=1S/C12H9Cl2N3O2/c13-10-2-1-9(7-11(10)14)19-8-12(18)17(5-3-15)6-4-16/h1-2,7H,5-6,8H2. The van der Waals surface area contributed by atoms with Crippen molar-refractivity contribution in [3.05, 3.63) is 28.2 Å². The summed E-state index contributed by atoms with van der Waals surface area (Å²) in [7, 11) is 0. The molecule has 19 heavy (non-hydrogen) atoms. The van der Waals surface area contributed by atoms with Crippen LogP contribution in [0.2, 0.25) is 10.0 Å². The average molecular weight is 298 g/mol. The Morgan fingerprint density at radius 2 is 1.84 bits per heavy atom. The predicted molar refractivity (Wildman–Crippen MR) is 69.8 cm³/mol. The van der Waals surface area contributed by atoms with Crippen LogP contribution in [0.5, 0.6) is 5.75 Å². The molecule has 98 valence electrons. The lowest BCUT2D eigenvalue weighted by Gasteiger charge is -2.16. The van der Waals surface area contributed by atoms with Gasteiger partial charge in [0.25, 0.3) is 5.91 Å². The number of benzene rings is 1. The van der Waals surface area contributed by atoms with Gasteiger partial charge in [-0.1, -0.05) is 23.2 Å². The molecule has 1 rings (SSSR count). The Balaban J connectivity index is 2.60. The van der Waals surface area contributed by atoms with Gasteiger partial charge in [-0.3, -0.25) is 4.79 Å². The van der Waals surface area contributed by atoms with Crippen LogP contribution in [0.4, 0.5) is 0 Å². The number of carbonyl (C=O) groups excluding carboxylic acids is 1. The monoisotopic (exact) mass is 297 g/mol. The number of ether oxygens (including phenoxy) is 1. The van der Waals surface area contributed by atoms with Gasteiger partial charge in [-0.05, 0) is 12.1 Å². The lowest BCUT2D eigenvalue weighted by molar-refractivity contribution is -0.132. The van der Waals surface area contributed by atoms with Crippen LogP contribution < -0.4 is 4.74 Å². The summed E-state index contributed by atoms with van der Waals surface area (Å²) >= 11 is 11.5. The van der Waals surface area contributed by atoms with E-state index in [0.717, 1.165) is 4.90 Å². The smallest absolute Gasteiger partial charge is 0.262 e. The Morgan fingerprint density at radius 3 is 2.37 bits per heavy atom. The van der Waals surface area contributed by atoms with Crippen LogP contribution in [0.3, 0.4) is 0 Å². The van der Waals surface area contributed by atoms with Crippen LogP contribution in [0.25, 0.3) is 0 Å². The van der Waals surface area contributed by atoms with Crippen LogP contribution in [-0.2, 0) is 4.79 Å². The second-order valence-electron chi connectivity index (χ2n) is 3.43. The lowest BCUT2D eigenvalue weighted by Crippen LogP contribution is -2.35. The molecular formula is C12H9Cl2N3O2. The third-order valence-corrected chi connectivity index (χ3v) is 2.87. The Kier molecular flexibility index (Phi) is 5.95. The number of nitriles is 2. The maximum Gasteiger partial charge on any atom is 0.262 e. The maximum atomic E-state index is 11.7. The molecule has 0 aromatic heterocycles. The molecule has 0 atom stereocenters. The zero-order valence-corrected chi connectivity index (χ0v) is 11.3. The highest BCUT2D eigenvalue weighted by atomic mass is 35.5. The van der Waals surface area contributed by atoms with Crippen molar-refractivity contribution in [2.45, 2.75) is 0 Å². The fraction of sp³-hybridized carbons (Fsp3) is 0.250. The zero-order chi connectivity index (χ0) is 14.3. The highest BCUT2D eigenvalue weighted by Gasteiger charge is 2.13. The van der Waals surface area contributed by atoms with Crippen LogP contribution >= 0.6 is 23.2 Å². The van der Waals surface area contributed by atoms with Gasteiger partial charge in [-0.2, -0.15) is 10.5 Å². The molecule has 0 fully saturated rings. The number of hydrogen-bond donors (Lipinski definition) is 0. The summed E-state index contributed by atoms with van der Waals surface area (Å²) in [6.07, 6.45) is 0. The SMILES string of the molecule is N#CCN(CC#N)C(=O)COc1ccc(Cl)c(Cl)c1. The Morgan fingerprint density at radius 1 is 1.21 bits per heavy atom. The quantitative estimate of drug-likeness (QED) is 0.781. The van der Waals surface area contributed by atoms with E-state index in [1.807, 2.05) is 12.1 Å². The van der Waals surface area contributed by atoms with E-state index in [1.165, 1.54) is 6.07 Å². The number of hydrogen-bond acceptors (Lipinski definition) is 4. The fourth-order valence-electron chi connectivity index (χ4n) is 1.21. The van der Waals surface area contributed by atoms with Crippen molar-refractivity contribution < 1.29 is 9.53 Å². The molecule has 1 amide bonds. The minimum Gasteiger partial charge on any atom is -0.484 e. The van der Waals surface area contributed by atoms with E-state index in [0.29, 0.717) is 15.8 Å². The van der Waals surface area contributed by atoms with Crippen molar-refractivity contribution in [3.63, 3.8) is 0 Å². The van der Waals surface area contributed by atoms with Gasteiger partial charge in [0.15, 0.2) is 6.61 Å². The van der Waals surface area contributed by atoms with Gasteiger partial charge in [0.2, 0.25) is 0 Å². The van der Waals surface area contributed by atoms with Crippen molar-refractivity contribution in [1.82, 2.24) is 4.90 Å². The number of amides is 1. The van der Waals surface area contributed by atoms with Gasteiger partial charge in [0.05, 0.1) is 22.2 Å². The van der Waals surface area contributed by atoms with Crippen molar-refractivity contribution in [3.8, 4) is 17.9 Å². The number of rotatable bonds is 5. The second-order valence-corrected chi connectivity index (χ2v) is 4.25. The number of nitrogens with zero attached hydrogens (tertiary/aromatic N) is 3. The zero-order valence-electron chi connectivity index (χ0n) is 9.77. The van der Waals surface area contributed by atoms with Crippen molar-refractivity contribution in [2.24, 2.45) is 0 Å². The van der Waals surface area contributed by atoms with Gasteiger partial charge < -0.3 is 9.64 Å². The average Bonchev–Trinajstić information content (AvgIpc) is 2.39. The van der Waals surface area contributed by atoms with E-state index < -0.39 is 5.91 Å². The summed E-state index contributed by atoms with van der Waals surface area (Å²) in [5.74, 6) is -0.0641. The molecule has 0 spiro atoms. The minimum absolute atomic E-state index is 0.156. The molecule has 5 nitrogen and oxygen atoms in total.